The van der Waals surface area contributed by atoms with E-state index in [4.69, 9.17) is 0 Å². The maximum atomic E-state index is 12.8. The number of halogens is 4. The minimum Gasteiger partial charge on any atom is -0.367 e. The summed E-state index contributed by atoms with van der Waals surface area (Å²) in [6, 6.07) is 0. The van der Waals surface area contributed by atoms with Crippen LogP contribution in [0.4, 0.5) is 17.6 Å². The molecule has 0 bridgehead atoms. The molecule has 0 spiro atoms. The molecule has 0 aromatic rings. The Bertz CT molecular complexity index is 208. The molecule has 1 saturated heterocycles. The van der Waals surface area contributed by atoms with Crippen molar-refractivity contribution in [3.8, 4) is 0 Å². The predicted octanol–water partition coefficient (Wildman–Crippen LogP) is 1.58. The van der Waals surface area contributed by atoms with Gasteiger partial charge in [0.25, 0.3) is 0 Å². The first-order valence-electron chi connectivity index (χ1n) is 3.37. The molecule has 1 rings (SSSR count). The third kappa shape index (κ3) is 1.77. The Morgan fingerprint density at radius 2 is 1.77 bits per heavy atom. The van der Waals surface area contributed by atoms with E-state index in [-0.39, 0.29) is 0 Å². The van der Waals surface area contributed by atoms with Crippen LogP contribution in [0, 0.1) is 0 Å². The maximum Gasteiger partial charge on any atom is 0.490 e. The highest BCUT2D eigenvalue weighted by molar-refractivity contribution is 4.87. The highest BCUT2D eigenvalue weighted by atomic mass is 19.3. The van der Waals surface area contributed by atoms with Crippen molar-refractivity contribution in [1.29, 1.82) is 0 Å². The van der Waals surface area contributed by atoms with Gasteiger partial charge in [0, 0.05) is 7.11 Å². The molecular formula is C6H8F4O3. The van der Waals surface area contributed by atoms with E-state index in [1.54, 1.807) is 0 Å². The predicted molar refractivity (Wildman–Crippen MR) is 32.3 cm³/mol. The van der Waals surface area contributed by atoms with Gasteiger partial charge in [-0.2, -0.15) is 8.78 Å². The van der Waals surface area contributed by atoms with Gasteiger partial charge in [-0.15, -0.1) is 8.78 Å². The summed E-state index contributed by atoms with van der Waals surface area (Å²) in [6.07, 6.45) is -8.34. The van der Waals surface area contributed by atoms with Crippen molar-refractivity contribution in [2.24, 2.45) is 0 Å². The number of ether oxygens (including phenoxy) is 3. The number of rotatable bonds is 1. The van der Waals surface area contributed by atoms with Crippen LogP contribution in [0.5, 0.6) is 0 Å². The van der Waals surface area contributed by atoms with Gasteiger partial charge in [0.05, 0.1) is 6.61 Å². The van der Waals surface area contributed by atoms with Gasteiger partial charge in [-0.25, -0.2) is 4.74 Å². The fraction of sp³-hybridized carbons (Fsp3) is 1.00. The Morgan fingerprint density at radius 1 is 1.23 bits per heavy atom. The zero-order valence-corrected chi connectivity index (χ0v) is 6.94. The summed E-state index contributed by atoms with van der Waals surface area (Å²) in [5.41, 5.74) is -2.19. The van der Waals surface area contributed by atoms with Crippen LogP contribution in [0.15, 0.2) is 0 Å². The summed E-state index contributed by atoms with van der Waals surface area (Å²) in [6.45, 7) is -0.0221. The van der Waals surface area contributed by atoms with Crippen molar-refractivity contribution in [3.63, 3.8) is 0 Å². The average Bonchev–Trinajstić information content (AvgIpc) is 1.96. The minimum absolute atomic E-state index is 0.919. The van der Waals surface area contributed by atoms with Gasteiger partial charge >= 0.3 is 12.4 Å². The molecule has 1 aliphatic rings. The Morgan fingerprint density at radius 3 is 2.15 bits per heavy atom. The molecule has 0 radical (unpaired) electrons. The molecular weight excluding hydrogens is 196 g/mol. The Balaban J connectivity index is 2.85. The van der Waals surface area contributed by atoms with Crippen molar-refractivity contribution in [2.75, 3.05) is 13.7 Å². The molecule has 0 aliphatic carbocycles. The first-order valence-corrected chi connectivity index (χ1v) is 3.37. The number of hydrogen-bond acceptors (Lipinski definition) is 3. The fourth-order valence-corrected chi connectivity index (χ4v) is 0.770. The SMILES string of the molecule is COC1(C)COC(F)(F)OC1(F)F. The van der Waals surface area contributed by atoms with Crippen LogP contribution >= 0.6 is 0 Å². The molecule has 0 amide bonds. The van der Waals surface area contributed by atoms with Crippen molar-refractivity contribution >= 4 is 0 Å². The smallest absolute Gasteiger partial charge is 0.367 e. The molecule has 78 valence electrons. The molecule has 7 heteroatoms. The Kier molecular flexibility index (Phi) is 2.29. The summed E-state index contributed by atoms with van der Waals surface area (Å²) >= 11 is 0. The van der Waals surface area contributed by atoms with E-state index >= 15 is 0 Å². The fourth-order valence-electron chi connectivity index (χ4n) is 0.770. The quantitative estimate of drug-likeness (QED) is 0.607. The van der Waals surface area contributed by atoms with Crippen molar-refractivity contribution in [1.82, 2.24) is 0 Å². The molecule has 0 aromatic carbocycles. The third-order valence-corrected chi connectivity index (χ3v) is 1.83. The van der Waals surface area contributed by atoms with Gasteiger partial charge in [-0.3, -0.25) is 4.74 Å². The van der Waals surface area contributed by atoms with E-state index in [0.717, 1.165) is 14.0 Å². The molecule has 0 N–H and O–H groups in total. The van der Waals surface area contributed by atoms with Crippen molar-refractivity contribution < 1.29 is 31.8 Å². The van der Waals surface area contributed by atoms with E-state index in [9.17, 15) is 17.6 Å². The lowest BCUT2D eigenvalue weighted by Gasteiger charge is -2.41. The van der Waals surface area contributed by atoms with Crippen LogP contribution < -0.4 is 0 Å². The standard InChI is InChI=1S/C6H8F4O3/c1-4(11-2)3-12-6(9,10)13-5(4,7)8/h3H2,1-2H3. The second kappa shape index (κ2) is 2.79. The lowest BCUT2D eigenvalue weighted by molar-refractivity contribution is -0.532. The Hall–Kier alpha value is -0.400. The van der Waals surface area contributed by atoms with Gasteiger partial charge in [-0.1, -0.05) is 0 Å². The monoisotopic (exact) mass is 204 g/mol. The minimum atomic E-state index is -4.26. The lowest BCUT2D eigenvalue weighted by Crippen LogP contribution is -2.60. The number of hydrogen-bond donors (Lipinski definition) is 0. The largest absolute Gasteiger partial charge is 0.490 e. The van der Waals surface area contributed by atoms with Crippen LogP contribution in [0.25, 0.3) is 0 Å². The summed E-state index contributed by atoms with van der Waals surface area (Å²) in [5, 5.41) is 0. The van der Waals surface area contributed by atoms with Gasteiger partial charge in [-0.05, 0) is 6.92 Å². The molecule has 1 unspecified atom stereocenters. The van der Waals surface area contributed by atoms with E-state index in [0.29, 0.717) is 0 Å². The lowest BCUT2D eigenvalue weighted by atomic mass is 10.1. The van der Waals surface area contributed by atoms with E-state index in [1.807, 2.05) is 0 Å². The average molecular weight is 204 g/mol. The van der Waals surface area contributed by atoms with Gasteiger partial charge in [0.1, 0.15) is 0 Å². The van der Waals surface area contributed by atoms with Crippen LogP contribution in [0.3, 0.4) is 0 Å². The number of methoxy groups -OCH3 is 1. The zero-order chi connectivity index (χ0) is 10.3. The zero-order valence-electron chi connectivity index (χ0n) is 6.94. The van der Waals surface area contributed by atoms with E-state index in [1.165, 1.54) is 0 Å². The maximum absolute atomic E-state index is 12.8. The molecule has 0 saturated carbocycles. The highest BCUT2D eigenvalue weighted by Gasteiger charge is 2.63. The van der Waals surface area contributed by atoms with Crippen LogP contribution in [0.2, 0.25) is 0 Å². The molecule has 1 fully saturated rings. The second-order valence-electron chi connectivity index (χ2n) is 2.81. The van der Waals surface area contributed by atoms with Crippen molar-refractivity contribution in [3.05, 3.63) is 0 Å². The summed E-state index contributed by atoms with van der Waals surface area (Å²) < 4.78 is 61.3. The highest BCUT2D eigenvalue weighted by Crippen LogP contribution is 2.42. The van der Waals surface area contributed by atoms with Gasteiger partial charge in [0.2, 0.25) is 0 Å². The van der Waals surface area contributed by atoms with Gasteiger partial charge in [0.15, 0.2) is 5.60 Å². The normalized spacial score (nSPS) is 37.4. The van der Waals surface area contributed by atoms with E-state index in [2.05, 4.69) is 14.2 Å². The summed E-state index contributed by atoms with van der Waals surface area (Å²) in [4.78, 5) is 0. The molecule has 0 aromatic heterocycles. The topological polar surface area (TPSA) is 27.7 Å². The van der Waals surface area contributed by atoms with Gasteiger partial charge < -0.3 is 4.74 Å². The van der Waals surface area contributed by atoms with Crippen molar-refractivity contribution in [2.45, 2.75) is 24.9 Å². The second-order valence-corrected chi connectivity index (χ2v) is 2.81. The molecule has 1 heterocycles. The molecule has 3 nitrogen and oxygen atoms in total. The van der Waals surface area contributed by atoms with Crippen LogP contribution in [-0.4, -0.2) is 31.7 Å². The summed E-state index contributed by atoms with van der Waals surface area (Å²) in [7, 11) is 0.962. The molecule has 1 aliphatic heterocycles. The van der Waals surface area contributed by atoms with Crippen LogP contribution in [-0.2, 0) is 14.2 Å². The Labute approximate surface area is 71.6 Å². The first-order chi connectivity index (χ1) is 5.72. The molecule has 13 heavy (non-hydrogen) atoms. The first kappa shape index (κ1) is 10.7. The third-order valence-electron chi connectivity index (χ3n) is 1.83. The van der Waals surface area contributed by atoms with E-state index < -0.39 is 24.6 Å². The number of alkyl halides is 4. The van der Waals surface area contributed by atoms with Crippen LogP contribution in [0.1, 0.15) is 6.92 Å². The summed E-state index contributed by atoms with van der Waals surface area (Å²) in [5.74, 6) is 0. The molecule has 1 atom stereocenters.